The van der Waals surface area contributed by atoms with Gasteiger partial charge >= 0.3 is 0 Å². The van der Waals surface area contributed by atoms with E-state index in [1.807, 2.05) is 0 Å². The first-order valence-electron chi connectivity index (χ1n) is 5.97. The fraction of sp³-hybridized carbons (Fsp3) is 0.462. The molecule has 1 amide bonds. The zero-order chi connectivity index (χ0) is 13.1. The number of hydrogen-bond acceptors (Lipinski definition) is 3. The lowest BCUT2D eigenvalue weighted by molar-refractivity contribution is 0.0698. The molecular formula is C13H15N3O2. The smallest absolute Gasteiger partial charge is 0.254 e. The van der Waals surface area contributed by atoms with Gasteiger partial charge in [-0.2, -0.15) is 5.26 Å². The Hall–Kier alpha value is -2.09. The van der Waals surface area contributed by atoms with Gasteiger partial charge in [-0.15, -0.1) is 0 Å². The minimum atomic E-state index is -0.199. The monoisotopic (exact) mass is 245 g/mol. The summed E-state index contributed by atoms with van der Waals surface area (Å²) in [5, 5.41) is 8.90. The van der Waals surface area contributed by atoms with Crippen LogP contribution in [0.15, 0.2) is 23.1 Å². The largest absolute Gasteiger partial charge is 0.337 e. The van der Waals surface area contributed by atoms with Gasteiger partial charge < -0.3 is 9.47 Å². The highest BCUT2D eigenvalue weighted by molar-refractivity contribution is 5.94. The second kappa shape index (κ2) is 5.05. The number of pyridine rings is 1. The Labute approximate surface area is 105 Å². The van der Waals surface area contributed by atoms with Gasteiger partial charge in [-0.3, -0.25) is 9.59 Å². The summed E-state index contributed by atoms with van der Waals surface area (Å²) in [6.07, 6.45) is 3.27. The zero-order valence-corrected chi connectivity index (χ0v) is 10.3. The van der Waals surface area contributed by atoms with E-state index in [0.717, 1.165) is 12.8 Å². The molecule has 94 valence electrons. The van der Waals surface area contributed by atoms with E-state index < -0.39 is 0 Å². The maximum Gasteiger partial charge on any atom is 0.254 e. The SMILES string of the molecule is Cn1ccc(C(=O)N2CCCC(C#N)C2)cc1=O. The van der Waals surface area contributed by atoms with Gasteiger partial charge in [0.15, 0.2) is 0 Å². The summed E-state index contributed by atoms with van der Waals surface area (Å²) < 4.78 is 1.42. The van der Waals surface area contributed by atoms with Crippen LogP contribution >= 0.6 is 0 Å². The van der Waals surface area contributed by atoms with E-state index in [1.54, 1.807) is 24.2 Å². The summed E-state index contributed by atoms with van der Waals surface area (Å²) in [6, 6.07) is 5.19. The van der Waals surface area contributed by atoms with E-state index >= 15 is 0 Å². The molecule has 2 rings (SSSR count). The van der Waals surface area contributed by atoms with Gasteiger partial charge in [-0.05, 0) is 18.9 Å². The molecule has 1 aliphatic heterocycles. The quantitative estimate of drug-likeness (QED) is 0.733. The van der Waals surface area contributed by atoms with Crippen molar-refractivity contribution in [3.63, 3.8) is 0 Å². The molecule has 1 aromatic heterocycles. The van der Waals surface area contributed by atoms with Crippen LogP contribution in [-0.2, 0) is 7.05 Å². The van der Waals surface area contributed by atoms with Crippen LogP contribution in [0.3, 0.4) is 0 Å². The molecule has 0 spiro atoms. The molecule has 0 aromatic carbocycles. The van der Waals surface area contributed by atoms with E-state index in [2.05, 4.69) is 6.07 Å². The number of carbonyl (C=O) groups is 1. The molecular weight excluding hydrogens is 230 g/mol. The molecule has 1 fully saturated rings. The summed E-state index contributed by atoms with van der Waals surface area (Å²) in [5.41, 5.74) is 0.200. The highest BCUT2D eigenvalue weighted by Crippen LogP contribution is 2.17. The molecule has 0 N–H and O–H groups in total. The number of nitriles is 1. The van der Waals surface area contributed by atoms with Gasteiger partial charge in [-0.1, -0.05) is 0 Å². The molecule has 0 saturated carbocycles. The van der Waals surface area contributed by atoms with Gasteiger partial charge in [0.2, 0.25) is 0 Å². The molecule has 0 aliphatic carbocycles. The van der Waals surface area contributed by atoms with Crippen LogP contribution in [0.1, 0.15) is 23.2 Å². The molecule has 1 aromatic rings. The first kappa shape index (κ1) is 12.4. The van der Waals surface area contributed by atoms with Gasteiger partial charge in [0, 0.05) is 38.0 Å². The fourth-order valence-corrected chi connectivity index (χ4v) is 2.13. The van der Waals surface area contributed by atoms with Crippen molar-refractivity contribution in [2.24, 2.45) is 13.0 Å². The Bertz CT molecular complexity index is 556. The fourth-order valence-electron chi connectivity index (χ4n) is 2.13. The molecule has 1 unspecified atom stereocenters. The normalized spacial score (nSPS) is 19.3. The average molecular weight is 245 g/mol. The number of piperidine rings is 1. The predicted molar refractivity (Wildman–Crippen MR) is 65.9 cm³/mol. The van der Waals surface area contributed by atoms with Gasteiger partial charge in [0.25, 0.3) is 11.5 Å². The minimum absolute atomic E-state index is 0.0887. The van der Waals surface area contributed by atoms with Crippen LogP contribution in [0.4, 0.5) is 0 Å². The van der Waals surface area contributed by atoms with Crippen LogP contribution in [0.2, 0.25) is 0 Å². The highest BCUT2D eigenvalue weighted by atomic mass is 16.2. The van der Waals surface area contributed by atoms with Crippen LogP contribution in [0, 0.1) is 17.2 Å². The zero-order valence-electron chi connectivity index (χ0n) is 10.3. The van der Waals surface area contributed by atoms with Crippen LogP contribution in [0.5, 0.6) is 0 Å². The second-order valence-electron chi connectivity index (χ2n) is 4.58. The third-order valence-electron chi connectivity index (χ3n) is 3.24. The van der Waals surface area contributed by atoms with Crippen LogP contribution in [0.25, 0.3) is 0 Å². The first-order valence-corrected chi connectivity index (χ1v) is 5.97. The minimum Gasteiger partial charge on any atom is -0.337 e. The third-order valence-corrected chi connectivity index (χ3v) is 3.24. The number of aryl methyl sites for hydroxylation is 1. The van der Waals surface area contributed by atoms with Crippen molar-refractivity contribution in [3.05, 3.63) is 34.2 Å². The van der Waals surface area contributed by atoms with Gasteiger partial charge in [0.05, 0.1) is 12.0 Å². The first-order chi connectivity index (χ1) is 8.61. The number of hydrogen-bond donors (Lipinski definition) is 0. The molecule has 2 heterocycles. The maximum absolute atomic E-state index is 12.2. The predicted octanol–water partition coefficient (Wildman–Crippen LogP) is 0.761. The van der Waals surface area contributed by atoms with E-state index in [-0.39, 0.29) is 17.4 Å². The van der Waals surface area contributed by atoms with Gasteiger partial charge in [-0.25, -0.2) is 0 Å². The number of likely N-dealkylation sites (tertiary alicyclic amines) is 1. The summed E-state index contributed by atoms with van der Waals surface area (Å²) >= 11 is 0. The second-order valence-corrected chi connectivity index (χ2v) is 4.58. The highest BCUT2D eigenvalue weighted by Gasteiger charge is 2.24. The Balaban J connectivity index is 2.18. The van der Waals surface area contributed by atoms with E-state index in [0.29, 0.717) is 18.7 Å². The standard InChI is InChI=1S/C13H15N3O2/c1-15-6-4-11(7-12(15)17)13(18)16-5-2-3-10(8-14)9-16/h4,6-7,10H,2-3,5,9H2,1H3. The summed E-state index contributed by atoms with van der Waals surface area (Å²) in [7, 11) is 1.64. The Morgan fingerprint density at radius 3 is 3.00 bits per heavy atom. The van der Waals surface area contributed by atoms with E-state index in [1.165, 1.54) is 10.6 Å². The van der Waals surface area contributed by atoms with E-state index in [9.17, 15) is 9.59 Å². The molecule has 0 bridgehead atoms. The van der Waals surface area contributed by atoms with Crippen molar-refractivity contribution in [2.75, 3.05) is 13.1 Å². The Morgan fingerprint density at radius 1 is 1.56 bits per heavy atom. The lowest BCUT2D eigenvalue weighted by Gasteiger charge is -2.29. The summed E-state index contributed by atoms with van der Waals surface area (Å²) in [4.78, 5) is 25.3. The number of amides is 1. The lowest BCUT2D eigenvalue weighted by Crippen LogP contribution is -2.40. The maximum atomic E-state index is 12.2. The Morgan fingerprint density at radius 2 is 2.33 bits per heavy atom. The molecule has 5 nitrogen and oxygen atoms in total. The van der Waals surface area contributed by atoms with Crippen molar-refractivity contribution in [1.29, 1.82) is 5.26 Å². The van der Waals surface area contributed by atoms with Crippen LogP contribution < -0.4 is 5.56 Å². The van der Waals surface area contributed by atoms with Crippen molar-refractivity contribution >= 4 is 5.91 Å². The topological polar surface area (TPSA) is 66.1 Å². The third kappa shape index (κ3) is 2.43. The van der Waals surface area contributed by atoms with E-state index in [4.69, 9.17) is 5.26 Å². The molecule has 1 aliphatic rings. The number of nitrogens with zero attached hydrogens (tertiary/aromatic N) is 3. The van der Waals surface area contributed by atoms with Crippen molar-refractivity contribution in [1.82, 2.24) is 9.47 Å². The molecule has 18 heavy (non-hydrogen) atoms. The van der Waals surface area contributed by atoms with Crippen molar-refractivity contribution in [3.8, 4) is 6.07 Å². The summed E-state index contributed by atoms with van der Waals surface area (Å²) in [5.74, 6) is -0.248. The number of rotatable bonds is 1. The molecule has 1 atom stereocenters. The van der Waals surface area contributed by atoms with Crippen molar-refractivity contribution in [2.45, 2.75) is 12.8 Å². The molecule has 0 radical (unpaired) electrons. The van der Waals surface area contributed by atoms with Crippen molar-refractivity contribution < 1.29 is 4.79 Å². The molecule has 5 heteroatoms. The molecule has 1 saturated heterocycles. The lowest BCUT2D eigenvalue weighted by atomic mass is 9.99. The number of aromatic nitrogens is 1. The van der Waals surface area contributed by atoms with Crippen LogP contribution in [-0.4, -0.2) is 28.5 Å². The Kier molecular flexibility index (Phi) is 3.47. The average Bonchev–Trinajstić information content (AvgIpc) is 2.41. The number of carbonyl (C=O) groups excluding carboxylic acids is 1. The summed E-state index contributed by atoms with van der Waals surface area (Å²) in [6.45, 7) is 1.12. The van der Waals surface area contributed by atoms with Gasteiger partial charge in [0.1, 0.15) is 0 Å².